The molecule has 0 spiro atoms. The third kappa shape index (κ3) is 5.22. The van der Waals surface area contributed by atoms with Crippen LogP contribution >= 0.6 is 11.6 Å². The van der Waals surface area contributed by atoms with Crippen LogP contribution in [0.3, 0.4) is 0 Å². The number of ether oxygens (including phenoxy) is 1. The van der Waals surface area contributed by atoms with E-state index in [9.17, 15) is 43.9 Å². The number of hydrogen-bond donors (Lipinski definition) is 0. The molecule has 13 heteroatoms. The van der Waals surface area contributed by atoms with Gasteiger partial charge in [0.05, 0.1) is 17.2 Å². The van der Waals surface area contributed by atoms with Gasteiger partial charge >= 0.3 is 12.1 Å². The highest BCUT2D eigenvalue weighted by molar-refractivity contribution is 7.90. The van der Waals surface area contributed by atoms with Gasteiger partial charge in [-0.25, -0.2) is 26.0 Å². The molecule has 0 heterocycles. The van der Waals surface area contributed by atoms with Gasteiger partial charge in [-0.3, -0.25) is 4.79 Å². The van der Waals surface area contributed by atoms with E-state index in [0.717, 1.165) is 0 Å². The fourth-order valence-electron chi connectivity index (χ4n) is 3.22. The minimum atomic E-state index is -4.83. The summed E-state index contributed by atoms with van der Waals surface area (Å²) in [6.07, 6.45) is -4.21. The zero-order valence-electron chi connectivity index (χ0n) is 16.9. The Balaban J connectivity index is 2.24. The summed E-state index contributed by atoms with van der Waals surface area (Å²) in [6.45, 7) is 2.78. The summed E-state index contributed by atoms with van der Waals surface area (Å²) in [5.41, 5.74) is -3.65. The molecule has 0 aliphatic heterocycles. The largest absolute Gasteiger partial charge is 0.460 e. The summed E-state index contributed by atoms with van der Waals surface area (Å²) in [5.74, 6) is -12.9. The number of rotatable bonds is 7. The fraction of sp³-hybridized carbons (Fsp3) is 0.526. The molecule has 0 unspecified atom stereocenters. The standard InChI is InChI=1S/C19H18ClF7O4S/c1-4-32(29,30)7-9-15(23)13(21)8(14(22)16(9)24)6-31-17(28)12-10(18(12,2)3)5-11(20)19(25,26)27/h5,10,12H,4,6-7H2,1-3H3/b11-5-/t10-,12-/m1/s1. The van der Waals surface area contributed by atoms with E-state index in [0.29, 0.717) is 6.08 Å². The van der Waals surface area contributed by atoms with E-state index in [1.807, 2.05) is 0 Å². The SMILES string of the molecule is CCS(=O)(=O)Cc1c(F)c(F)c(COC(=O)[C@H]2[C@@H](/C=C(\Cl)C(F)(F)F)C2(C)C)c(F)c1F. The molecule has 1 aliphatic carbocycles. The Labute approximate surface area is 184 Å². The monoisotopic (exact) mass is 510 g/mol. The number of carbonyl (C=O) groups is 1. The lowest BCUT2D eigenvalue weighted by Gasteiger charge is -2.13. The van der Waals surface area contributed by atoms with Gasteiger partial charge in [-0.05, 0) is 11.3 Å². The molecular weight excluding hydrogens is 493 g/mol. The molecule has 0 radical (unpaired) electrons. The van der Waals surface area contributed by atoms with Gasteiger partial charge in [-0.1, -0.05) is 38.4 Å². The lowest BCUT2D eigenvalue weighted by molar-refractivity contribution is -0.147. The van der Waals surface area contributed by atoms with Gasteiger partial charge in [-0.2, -0.15) is 13.2 Å². The Bertz CT molecular complexity index is 1040. The van der Waals surface area contributed by atoms with Crippen molar-refractivity contribution in [3.05, 3.63) is 45.5 Å². The van der Waals surface area contributed by atoms with Crippen LogP contribution in [0.4, 0.5) is 30.7 Å². The zero-order valence-corrected chi connectivity index (χ0v) is 18.5. The Morgan fingerprint density at radius 3 is 1.97 bits per heavy atom. The van der Waals surface area contributed by atoms with Crippen molar-refractivity contribution in [2.75, 3.05) is 5.75 Å². The molecule has 1 aliphatic rings. The first-order valence-corrected chi connectivity index (χ1v) is 11.3. The van der Waals surface area contributed by atoms with Crippen molar-refractivity contribution in [1.82, 2.24) is 0 Å². The van der Waals surface area contributed by atoms with Gasteiger partial charge in [0.1, 0.15) is 11.6 Å². The van der Waals surface area contributed by atoms with Crippen molar-refractivity contribution in [2.45, 2.75) is 39.3 Å². The van der Waals surface area contributed by atoms with E-state index in [-0.39, 0.29) is 0 Å². The first-order valence-electron chi connectivity index (χ1n) is 9.11. The Hall–Kier alpha value is -1.82. The maximum atomic E-state index is 14.3. The number of esters is 1. The van der Waals surface area contributed by atoms with Crippen LogP contribution in [0.1, 0.15) is 31.9 Å². The van der Waals surface area contributed by atoms with Gasteiger partial charge < -0.3 is 4.74 Å². The molecule has 1 aromatic carbocycles. The van der Waals surface area contributed by atoms with Crippen molar-refractivity contribution < 1.29 is 48.7 Å². The molecule has 0 saturated heterocycles. The summed E-state index contributed by atoms with van der Waals surface area (Å²) in [7, 11) is -4.03. The topological polar surface area (TPSA) is 60.4 Å². The van der Waals surface area contributed by atoms with E-state index in [4.69, 9.17) is 16.3 Å². The number of benzene rings is 1. The molecule has 0 N–H and O–H groups in total. The number of carbonyl (C=O) groups excluding carboxylic acids is 1. The first kappa shape index (κ1) is 26.4. The fourth-order valence-corrected chi connectivity index (χ4v) is 4.26. The molecule has 32 heavy (non-hydrogen) atoms. The number of halogens is 8. The van der Waals surface area contributed by atoms with Crippen LogP contribution in [0.15, 0.2) is 11.1 Å². The van der Waals surface area contributed by atoms with Crippen LogP contribution in [-0.4, -0.2) is 26.3 Å². The second-order valence-electron chi connectivity index (χ2n) is 7.83. The molecular formula is C19H18ClF7O4S. The number of hydrogen-bond acceptors (Lipinski definition) is 4. The van der Waals surface area contributed by atoms with E-state index in [1.165, 1.54) is 20.8 Å². The quantitative estimate of drug-likeness (QED) is 0.288. The number of allylic oxidation sites excluding steroid dienone is 2. The van der Waals surface area contributed by atoms with Crippen molar-refractivity contribution >= 4 is 27.4 Å². The van der Waals surface area contributed by atoms with Crippen LogP contribution in [0, 0.1) is 40.5 Å². The van der Waals surface area contributed by atoms with E-state index >= 15 is 0 Å². The van der Waals surface area contributed by atoms with Gasteiger partial charge in [0, 0.05) is 11.3 Å². The van der Waals surface area contributed by atoms with Crippen LogP contribution < -0.4 is 0 Å². The average Bonchev–Trinajstić information content (AvgIpc) is 3.22. The van der Waals surface area contributed by atoms with Gasteiger partial charge in [0.2, 0.25) is 0 Å². The highest BCUT2D eigenvalue weighted by atomic mass is 35.5. The summed E-state index contributed by atoms with van der Waals surface area (Å²) in [6, 6.07) is 0. The molecule has 1 aromatic rings. The van der Waals surface area contributed by atoms with E-state index in [2.05, 4.69) is 0 Å². The lowest BCUT2D eigenvalue weighted by Crippen LogP contribution is -2.17. The Kier molecular flexibility index (Phi) is 7.31. The first-order chi connectivity index (χ1) is 14.5. The highest BCUT2D eigenvalue weighted by Crippen LogP contribution is 2.60. The smallest absolute Gasteiger partial charge is 0.426 e. The third-order valence-electron chi connectivity index (χ3n) is 5.37. The summed E-state index contributed by atoms with van der Waals surface area (Å²) in [5, 5.41) is -1.45. The average molecular weight is 511 g/mol. The summed E-state index contributed by atoms with van der Waals surface area (Å²) in [4.78, 5) is 12.2. The van der Waals surface area contributed by atoms with Gasteiger partial charge in [0.25, 0.3) is 0 Å². The van der Waals surface area contributed by atoms with Crippen molar-refractivity contribution in [1.29, 1.82) is 0 Å². The number of sulfone groups is 1. The highest BCUT2D eigenvalue weighted by Gasteiger charge is 2.62. The molecule has 0 aromatic heterocycles. The normalized spacial score (nSPS) is 20.9. The van der Waals surface area contributed by atoms with Crippen molar-refractivity contribution in [3.63, 3.8) is 0 Å². The van der Waals surface area contributed by atoms with Crippen LogP contribution in [0.2, 0.25) is 0 Å². The van der Waals surface area contributed by atoms with Crippen LogP contribution in [0.25, 0.3) is 0 Å². The second-order valence-corrected chi connectivity index (χ2v) is 10.6. The molecule has 0 bridgehead atoms. The second kappa shape index (κ2) is 8.85. The van der Waals surface area contributed by atoms with Gasteiger partial charge in [0.15, 0.2) is 33.1 Å². The maximum Gasteiger partial charge on any atom is 0.426 e. The Morgan fingerprint density at radius 1 is 1.06 bits per heavy atom. The molecule has 1 fully saturated rings. The predicted molar refractivity (Wildman–Crippen MR) is 100.0 cm³/mol. The van der Waals surface area contributed by atoms with Crippen LogP contribution in [0.5, 0.6) is 0 Å². The van der Waals surface area contributed by atoms with Crippen molar-refractivity contribution in [3.8, 4) is 0 Å². The Morgan fingerprint density at radius 2 is 1.53 bits per heavy atom. The molecule has 4 nitrogen and oxygen atoms in total. The zero-order chi connectivity index (χ0) is 24.8. The minimum Gasteiger partial charge on any atom is -0.460 e. The maximum absolute atomic E-state index is 14.3. The molecule has 180 valence electrons. The minimum absolute atomic E-state index is 0.528. The van der Waals surface area contributed by atoms with Crippen molar-refractivity contribution in [2.24, 2.45) is 17.3 Å². The van der Waals surface area contributed by atoms with E-state index < -0.39 is 96.8 Å². The summed E-state index contributed by atoms with van der Waals surface area (Å²) >= 11 is 5.17. The molecule has 2 atom stereocenters. The predicted octanol–water partition coefficient (Wildman–Crippen LogP) is 5.18. The lowest BCUT2D eigenvalue weighted by atomic mass is 10.1. The number of alkyl halides is 3. The third-order valence-corrected chi connectivity index (χ3v) is 7.32. The summed E-state index contributed by atoms with van der Waals surface area (Å²) < 4.78 is 123. The molecule has 1 saturated carbocycles. The van der Waals surface area contributed by atoms with Gasteiger partial charge in [-0.15, -0.1) is 0 Å². The molecule has 2 rings (SSSR count). The van der Waals surface area contributed by atoms with Crippen LogP contribution in [-0.2, 0) is 31.7 Å². The van der Waals surface area contributed by atoms with E-state index in [1.54, 1.807) is 0 Å². The molecule has 0 amide bonds.